The third-order valence-corrected chi connectivity index (χ3v) is 2.19. The van der Waals surface area contributed by atoms with Gasteiger partial charge in [0.25, 0.3) is 0 Å². The molecule has 0 spiro atoms. The molecule has 0 N–H and O–H groups in total. The third kappa shape index (κ3) is 2.78. The fourth-order valence-electron chi connectivity index (χ4n) is 1.28. The van der Waals surface area contributed by atoms with Crippen LogP contribution in [0.1, 0.15) is 26.6 Å². The number of nitrogens with zero attached hydrogens (tertiary/aromatic N) is 4. The lowest BCUT2D eigenvalue weighted by atomic mass is 10.4. The van der Waals surface area contributed by atoms with Crippen molar-refractivity contribution in [2.45, 2.75) is 27.2 Å². The lowest BCUT2D eigenvalue weighted by Gasteiger charge is -2.18. The summed E-state index contributed by atoms with van der Waals surface area (Å²) in [6.07, 6.45) is 0.785. The van der Waals surface area contributed by atoms with Crippen LogP contribution in [-0.4, -0.2) is 35.2 Å². The zero-order chi connectivity index (χ0) is 11.3. The van der Waals surface area contributed by atoms with E-state index in [2.05, 4.69) is 33.7 Å². The smallest absolute Gasteiger partial charge is 0.321 e. The van der Waals surface area contributed by atoms with Gasteiger partial charge in [-0.05, 0) is 13.8 Å². The topological polar surface area (TPSA) is 51.1 Å². The normalized spacial score (nSPS) is 10.1. The molecular weight excluding hydrogens is 192 g/mol. The van der Waals surface area contributed by atoms with Gasteiger partial charge in [-0.2, -0.15) is 15.0 Å². The summed E-state index contributed by atoms with van der Waals surface area (Å²) in [4.78, 5) is 14.8. The van der Waals surface area contributed by atoms with E-state index in [-0.39, 0.29) is 0 Å². The van der Waals surface area contributed by atoms with Crippen LogP contribution in [0.15, 0.2) is 0 Å². The number of anilines is 1. The summed E-state index contributed by atoms with van der Waals surface area (Å²) in [7, 11) is 1.57. The Hall–Kier alpha value is -1.39. The first-order valence-corrected chi connectivity index (χ1v) is 5.28. The molecule has 0 saturated carbocycles. The Bertz CT molecular complexity index is 290. The number of hydrogen-bond donors (Lipinski definition) is 0. The van der Waals surface area contributed by atoms with Crippen LogP contribution in [0.2, 0.25) is 0 Å². The largest absolute Gasteiger partial charge is 0.467 e. The minimum absolute atomic E-state index is 0.392. The molecule has 15 heavy (non-hydrogen) atoms. The fourth-order valence-corrected chi connectivity index (χ4v) is 1.28. The van der Waals surface area contributed by atoms with Gasteiger partial charge in [-0.1, -0.05) is 6.92 Å². The van der Waals surface area contributed by atoms with Gasteiger partial charge in [0, 0.05) is 19.5 Å². The molecule has 5 nitrogen and oxygen atoms in total. The molecule has 0 aliphatic rings. The van der Waals surface area contributed by atoms with Crippen LogP contribution in [0.25, 0.3) is 0 Å². The van der Waals surface area contributed by atoms with Crippen LogP contribution in [0.4, 0.5) is 5.95 Å². The Morgan fingerprint density at radius 1 is 1.07 bits per heavy atom. The van der Waals surface area contributed by atoms with Crippen molar-refractivity contribution in [2.75, 3.05) is 25.1 Å². The molecule has 84 valence electrons. The highest BCUT2D eigenvalue weighted by Gasteiger charge is 2.09. The Labute approximate surface area is 90.5 Å². The number of hydrogen-bond acceptors (Lipinski definition) is 5. The quantitative estimate of drug-likeness (QED) is 0.733. The van der Waals surface area contributed by atoms with E-state index < -0.39 is 0 Å². The minimum Gasteiger partial charge on any atom is -0.467 e. The monoisotopic (exact) mass is 210 g/mol. The van der Waals surface area contributed by atoms with E-state index in [4.69, 9.17) is 4.74 Å². The van der Waals surface area contributed by atoms with Crippen molar-refractivity contribution in [1.82, 2.24) is 15.0 Å². The van der Waals surface area contributed by atoms with Gasteiger partial charge in [-0.3, -0.25) is 0 Å². The fraction of sp³-hybridized carbons (Fsp3) is 0.700. The molecule has 0 amide bonds. The first-order chi connectivity index (χ1) is 7.24. The van der Waals surface area contributed by atoms with E-state index in [9.17, 15) is 0 Å². The summed E-state index contributed by atoms with van der Waals surface area (Å²) < 4.78 is 5.05. The molecule has 0 saturated heterocycles. The maximum atomic E-state index is 5.05. The predicted octanol–water partition coefficient (Wildman–Crippen LogP) is 1.29. The molecule has 0 unspecified atom stereocenters. The lowest BCUT2D eigenvalue weighted by Crippen LogP contribution is -2.25. The average Bonchev–Trinajstić information content (AvgIpc) is 2.30. The van der Waals surface area contributed by atoms with E-state index in [1.807, 2.05) is 6.92 Å². The van der Waals surface area contributed by atoms with E-state index in [1.165, 1.54) is 0 Å². The predicted molar refractivity (Wildman–Crippen MR) is 59.3 cm³/mol. The molecule has 0 fully saturated rings. The van der Waals surface area contributed by atoms with Crippen molar-refractivity contribution >= 4 is 5.95 Å². The zero-order valence-electron chi connectivity index (χ0n) is 9.82. The Kier molecular flexibility index (Phi) is 4.27. The number of methoxy groups -OCH3 is 1. The lowest BCUT2D eigenvalue weighted by molar-refractivity contribution is 0.375. The van der Waals surface area contributed by atoms with Crippen LogP contribution in [-0.2, 0) is 6.42 Å². The summed E-state index contributed by atoms with van der Waals surface area (Å²) >= 11 is 0. The van der Waals surface area contributed by atoms with E-state index in [1.54, 1.807) is 7.11 Å². The minimum atomic E-state index is 0.392. The van der Waals surface area contributed by atoms with Gasteiger partial charge >= 0.3 is 6.01 Å². The molecule has 1 aromatic heterocycles. The van der Waals surface area contributed by atoms with Crippen molar-refractivity contribution in [3.05, 3.63) is 5.82 Å². The summed E-state index contributed by atoms with van der Waals surface area (Å²) in [6, 6.07) is 0.392. The Morgan fingerprint density at radius 3 is 2.20 bits per heavy atom. The number of ether oxygens (including phenoxy) is 1. The van der Waals surface area contributed by atoms with Crippen LogP contribution in [0, 0.1) is 0 Å². The molecule has 1 rings (SSSR count). The molecule has 0 radical (unpaired) electrons. The van der Waals surface area contributed by atoms with Crippen LogP contribution in [0.3, 0.4) is 0 Å². The second kappa shape index (κ2) is 5.48. The molecule has 0 aromatic carbocycles. The highest BCUT2D eigenvalue weighted by Crippen LogP contribution is 2.11. The molecule has 1 heterocycles. The average molecular weight is 210 g/mol. The summed E-state index contributed by atoms with van der Waals surface area (Å²) in [6.45, 7) is 7.93. The van der Waals surface area contributed by atoms with E-state index in [0.717, 1.165) is 25.3 Å². The van der Waals surface area contributed by atoms with Gasteiger partial charge < -0.3 is 9.64 Å². The molecule has 0 aliphatic carbocycles. The Balaban J connectivity index is 3.05. The van der Waals surface area contributed by atoms with Gasteiger partial charge in [0.2, 0.25) is 5.95 Å². The van der Waals surface area contributed by atoms with Crippen molar-refractivity contribution in [2.24, 2.45) is 0 Å². The third-order valence-electron chi connectivity index (χ3n) is 2.19. The van der Waals surface area contributed by atoms with Gasteiger partial charge in [0.05, 0.1) is 7.11 Å². The highest BCUT2D eigenvalue weighted by atomic mass is 16.5. The van der Waals surface area contributed by atoms with Gasteiger partial charge in [-0.15, -0.1) is 0 Å². The first-order valence-electron chi connectivity index (χ1n) is 5.28. The van der Waals surface area contributed by atoms with Gasteiger partial charge in [0.1, 0.15) is 5.82 Å². The SMILES string of the molecule is CCc1nc(OC)nc(N(CC)CC)n1. The summed E-state index contributed by atoms with van der Waals surface area (Å²) in [5, 5.41) is 0. The highest BCUT2D eigenvalue weighted by molar-refractivity contribution is 5.30. The number of rotatable bonds is 5. The number of aryl methyl sites for hydroxylation is 1. The molecule has 0 bridgehead atoms. The molecule has 5 heteroatoms. The van der Waals surface area contributed by atoms with Crippen molar-refractivity contribution in [3.8, 4) is 6.01 Å². The molecule has 1 aromatic rings. The van der Waals surface area contributed by atoms with Gasteiger partial charge in [0.15, 0.2) is 0 Å². The zero-order valence-corrected chi connectivity index (χ0v) is 9.82. The van der Waals surface area contributed by atoms with Crippen molar-refractivity contribution < 1.29 is 4.74 Å². The van der Waals surface area contributed by atoms with Crippen LogP contribution in [0.5, 0.6) is 6.01 Å². The molecule has 0 aliphatic heterocycles. The van der Waals surface area contributed by atoms with E-state index >= 15 is 0 Å². The first kappa shape index (κ1) is 11.7. The van der Waals surface area contributed by atoms with Crippen molar-refractivity contribution in [1.29, 1.82) is 0 Å². The van der Waals surface area contributed by atoms with Crippen molar-refractivity contribution in [3.63, 3.8) is 0 Å². The summed E-state index contributed by atoms with van der Waals surface area (Å²) in [5.74, 6) is 1.47. The maximum Gasteiger partial charge on any atom is 0.321 e. The summed E-state index contributed by atoms with van der Waals surface area (Å²) in [5.41, 5.74) is 0. The molecule has 0 atom stereocenters. The van der Waals surface area contributed by atoms with Crippen LogP contribution >= 0.6 is 0 Å². The second-order valence-corrected chi connectivity index (χ2v) is 3.06. The maximum absolute atomic E-state index is 5.05. The second-order valence-electron chi connectivity index (χ2n) is 3.06. The van der Waals surface area contributed by atoms with E-state index in [0.29, 0.717) is 12.0 Å². The molecular formula is C10H18N4O. The van der Waals surface area contributed by atoms with Gasteiger partial charge in [-0.25, -0.2) is 0 Å². The number of aromatic nitrogens is 3. The Morgan fingerprint density at radius 2 is 1.73 bits per heavy atom. The van der Waals surface area contributed by atoms with Crippen LogP contribution < -0.4 is 9.64 Å². The standard InChI is InChI=1S/C10H18N4O/c1-5-8-11-9(14(6-2)7-3)13-10(12-8)15-4/h5-7H2,1-4H3.